The average molecular weight is 489 g/mol. The molecule has 1 spiro atoms. The number of carbonyl (C=O) groups is 1. The van der Waals surface area contributed by atoms with Crippen molar-refractivity contribution >= 4 is 52.0 Å². The van der Waals surface area contributed by atoms with E-state index in [0.717, 1.165) is 17.7 Å². The van der Waals surface area contributed by atoms with E-state index in [2.05, 4.69) is 10.6 Å². The Kier molecular flexibility index (Phi) is 5.19. The van der Waals surface area contributed by atoms with E-state index in [-0.39, 0.29) is 5.91 Å². The Morgan fingerprint density at radius 3 is 2.47 bits per heavy atom. The van der Waals surface area contributed by atoms with Gasteiger partial charge in [0.2, 0.25) is 5.91 Å². The van der Waals surface area contributed by atoms with Crippen LogP contribution in [0.2, 0.25) is 10.0 Å². The van der Waals surface area contributed by atoms with Crippen LogP contribution in [0.15, 0.2) is 60.7 Å². The Labute approximate surface area is 198 Å². The van der Waals surface area contributed by atoms with Gasteiger partial charge in [0.15, 0.2) is 11.6 Å². The van der Waals surface area contributed by atoms with Crippen LogP contribution >= 0.6 is 35.4 Å². The van der Waals surface area contributed by atoms with Crippen LogP contribution in [-0.2, 0) is 10.2 Å². The molecule has 3 atom stereocenters. The highest BCUT2D eigenvalue weighted by Gasteiger charge is 2.60. The number of benzene rings is 3. The van der Waals surface area contributed by atoms with Crippen LogP contribution in [0.5, 0.6) is 0 Å². The van der Waals surface area contributed by atoms with Crippen molar-refractivity contribution in [2.45, 2.75) is 23.8 Å². The third kappa shape index (κ3) is 3.20. The molecule has 1 saturated heterocycles. The van der Waals surface area contributed by atoms with Gasteiger partial charge >= 0.3 is 0 Å². The number of piperidine rings is 1. The molecule has 2 N–H and O–H groups in total. The van der Waals surface area contributed by atoms with Gasteiger partial charge in [0.05, 0.1) is 11.0 Å². The average Bonchev–Trinajstić information content (AvgIpc) is 3.03. The van der Waals surface area contributed by atoms with E-state index in [1.54, 1.807) is 24.3 Å². The minimum Gasteiger partial charge on any atom is -0.371 e. The fourth-order valence-electron chi connectivity index (χ4n) is 4.98. The minimum atomic E-state index is -1.20. The lowest BCUT2D eigenvalue weighted by molar-refractivity contribution is -0.123. The van der Waals surface area contributed by atoms with Gasteiger partial charge in [0.1, 0.15) is 5.41 Å². The first-order chi connectivity index (χ1) is 15.3. The summed E-state index contributed by atoms with van der Waals surface area (Å²) in [6.45, 7) is 0. The lowest BCUT2D eigenvalue weighted by atomic mass is 9.59. The molecule has 0 radical (unpaired) electrons. The summed E-state index contributed by atoms with van der Waals surface area (Å²) in [4.78, 5) is 14.3. The van der Waals surface area contributed by atoms with Crippen molar-refractivity contribution in [2.75, 3.05) is 5.32 Å². The van der Waals surface area contributed by atoms with E-state index in [0.29, 0.717) is 38.3 Å². The molecule has 3 unspecified atom stereocenters. The summed E-state index contributed by atoms with van der Waals surface area (Å²) in [6, 6.07) is 15.4. The molecular weight excluding hydrogens is 473 g/mol. The van der Waals surface area contributed by atoms with Gasteiger partial charge < -0.3 is 10.6 Å². The molecule has 1 amide bonds. The normalized spacial score (nSPS) is 24.2. The van der Waals surface area contributed by atoms with Crippen molar-refractivity contribution in [2.24, 2.45) is 0 Å². The predicted octanol–water partition coefficient (Wildman–Crippen LogP) is 6.31. The van der Waals surface area contributed by atoms with Crippen LogP contribution in [0.4, 0.5) is 14.5 Å². The smallest absolute Gasteiger partial charge is 0.238 e. The van der Waals surface area contributed by atoms with Gasteiger partial charge in [0.25, 0.3) is 0 Å². The van der Waals surface area contributed by atoms with E-state index < -0.39 is 29.0 Å². The zero-order valence-corrected chi connectivity index (χ0v) is 18.8. The lowest BCUT2D eigenvalue weighted by Gasteiger charge is -2.47. The Hall–Kier alpha value is -2.54. The van der Waals surface area contributed by atoms with Crippen LogP contribution in [0.3, 0.4) is 0 Å². The first-order valence-electron chi connectivity index (χ1n) is 9.92. The summed E-state index contributed by atoms with van der Waals surface area (Å²) in [6.07, 6.45) is 0.380. The third-order valence-electron chi connectivity index (χ3n) is 6.28. The Morgan fingerprint density at radius 1 is 0.938 bits per heavy atom. The quantitative estimate of drug-likeness (QED) is 0.415. The molecule has 5 rings (SSSR count). The van der Waals surface area contributed by atoms with Gasteiger partial charge in [-0.3, -0.25) is 4.79 Å². The van der Waals surface area contributed by atoms with Crippen LogP contribution in [0.25, 0.3) is 0 Å². The monoisotopic (exact) mass is 488 g/mol. The minimum absolute atomic E-state index is 0.274. The Morgan fingerprint density at radius 2 is 1.72 bits per heavy atom. The highest BCUT2D eigenvalue weighted by Crippen LogP contribution is 2.57. The van der Waals surface area contributed by atoms with Gasteiger partial charge in [-0.1, -0.05) is 59.7 Å². The second kappa shape index (κ2) is 7.80. The predicted molar refractivity (Wildman–Crippen MR) is 125 cm³/mol. The molecule has 0 bridgehead atoms. The maximum atomic E-state index is 14.3. The highest BCUT2D eigenvalue weighted by molar-refractivity contribution is 7.80. The fraction of sp³-hybridized carbons (Fsp3) is 0.167. The van der Waals surface area contributed by atoms with E-state index in [1.165, 1.54) is 6.07 Å². The van der Waals surface area contributed by atoms with Crippen LogP contribution < -0.4 is 10.6 Å². The summed E-state index contributed by atoms with van der Waals surface area (Å²) < 4.78 is 28.0. The largest absolute Gasteiger partial charge is 0.371 e. The number of thiocarbonyl (C=S) groups is 1. The molecule has 1 fully saturated rings. The van der Waals surface area contributed by atoms with Crippen molar-refractivity contribution in [3.05, 3.63) is 99.0 Å². The summed E-state index contributed by atoms with van der Waals surface area (Å²) in [5, 5.41) is 7.18. The summed E-state index contributed by atoms with van der Waals surface area (Å²) in [5.41, 5.74) is 1.33. The van der Waals surface area contributed by atoms with Gasteiger partial charge in [-0.2, -0.15) is 0 Å². The molecule has 3 aromatic carbocycles. The van der Waals surface area contributed by atoms with E-state index >= 15 is 0 Å². The van der Waals surface area contributed by atoms with E-state index in [9.17, 15) is 13.6 Å². The van der Waals surface area contributed by atoms with Crippen molar-refractivity contribution in [1.29, 1.82) is 0 Å². The molecule has 162 valence electrons. The van der Waals surface area contributed by atoms with E-state index in [4.69, 9.17) is 35.4 Å². The molecule has 3 nitrogen and oxygen atoms in total. The number of hydrogen-bond donors (Lipinski definition) is 2. The van der Waals surface area contributed by atoms with Gasteiger partial charge in [-0.15, -0.1) is 0 Å². The zero-order chi connectivity index (χ0) is 22.6. The topological polar surface area (TPSA) is 41.1 Å². The third-order valence-corrected chi connectivity index (χ3v) is 7.03. The van der Waals surface area contributed by atoms with Crippen molar-refractivity contribution in [3.63, 3.8) is 0 Å². The number of halogens is 4. The fourth-order valence-corrected chi connectivity index (χ4v) is 5.64. The second-order valence-corrected chi connectivity index (χ2v) is 9.36. The number of amides is 1. The molecule has 8 heteroatoms. The first kappa shape index (κ1) is 21.3. The molecule has 32 heavy (non-hydrogen) atoms. The highest BCUT2D eigenvalue weighted by atomic mass is 35.5. The summed E-state index contributed by atoms with van der Waals surface area (Å²) >= 11 is 18.0. The van der Waals surface area contributed by atoms with E-state index in [1.807, 2.05) is 18.2 Å². The number of fused-ring (bicyclic) bond motifs is 2. The number of rotatable bonds is 2. The molecule has 2 aliphatic rings. The second-order valence-electron chi connectivity index (χ2n) is 8.00. The van der Waals surface area contributed by atoms with Crippen LogP contribution in [0.1, 0.15) is 35.1 Å². The SMILES string of the molecule is O=C1Nc2cc(Cl)ccc2C12C(c1cccc(Cl)c1)CC(=S)NC2c1ccc(F)c(F)c1. The van der Waals surface area contributed by atoms with Crippen molar-refractivity contribution in [1.82, 2.24) is 5.32 Å². The molecule has 2 heterocycles. The lowest BCUT2D eigenvalue weighted by Crippen LogP contribution is -2.56. The van der Waals surface area contributed by atoms with Crippen molar-refractivity contribution in [3.8, 4) is 0 Å². The number of anilines is 1. The zero-order valence-electron chi connectivity index (χ0n) is 16.5. The maximum Gasteiger partial charge on any atom is 0.238 e. The molecule has 0 aliphatic carbocycles. The Bertz CT molecular complexity index is 1280. The van der Waals surface area contributed by atoms with Crippen LogP contribution in [-0.4, -0.2) is 10.9 Å². The Balaban J connectivity index is 1.81. The summed E-state index contributed by atoms with van der Waals surface area (Å²) in [7, 11) is 0. The number of nitrogens with one attached hydrogen (secondary N) is 2. The van der Waals surface area contributed by atoms with Gasteiger partial charge in [-0.05, 0) is 53.1 Å². The van der Waals surface area contributed by atoms with Crippen molar-refractivity contribution < 1.29 is 13.6 Å². The van der Waals surface area contributed by atoms with Gasteiger partial charge in [0, 0.05) is 28.1 Å². The number of carbonyl (C=O) groups excluding carboxylic acids is 1. The maximum absolute atomic E-state index is 14.3. The van der Waals surface area contributed by atoms with Gasteiger partial charge in [-0.25, -0.2) is 8.78 Å². The first-order valence-corrected chi connectivity index (χ1v) is 11.1. The molecular formula is C24H16Cl2F2N2OS. The summed E-state index contributed by atoms with van der Waals surface area (Å²) in [5.74, 6) is -2.64. The standard InChI is InChI=1S/C24H16Cl2F2N2OS/c25-14-3-1-2-12(8-14)17-11-21(32)30-22(13-4-7-18(27)19(28)9-13)24(17)16-6-5-15(26)10-20(16)29-23(24)31/h1-10,17,22H,11H2,(H,29,31)(H,30,32). The number of hydrogen-bond acceptors (Lipinski definition) is 2. The molecule has 0 saturated carbocycles. The molecule has 3 aromatic rings. The molecule has 2 aliphatic heterocycles. The van der Waals surface area contributed by atoms with Crippen LogP contribution in [0, 0.1) is 11.6 Å². The molecule has 0 aromatic heterocycles.